The molecule has 3 aliphatic rings. The van der Waals surface area contributed by atoms with Crippen LogP contribution in [0.2, 0.25) is 0 Å². The number of rotatable bonds is 6. The van der Waals surface area contributed by atoms with Crippen molar-refractivity contribution in [2.45, 2.75) is 103 Å². The first kappa shape index (κ1) is 25.7. The minimum atomic E-state index is 0. The van der Waals surface area contributed by atoms with E-state index in [9.17, 15) is 0 Å². The smallest absolute Gasteiger partial charge is 0.192 e. The maximum absolute atomic E-state index is 4.93. The third-order valence-electron chi connectivity index (χ3n) is 7.68. The van der Waals surface area contributed by atoms with Crippen LogP contribution in [0.5, 0.6) is 0 Å². The van der Waals surface area contributed by atoms with Crippen LogP contribution in [0.3, 0.4) is 0 Å². The van der Waals surface area contributed by atoms with Crippen LogP contribution in [0.1, 0.15) is 88.7 Å². The molecule has 4 rings (SSSR count). The number of likely N-dealkylation sites (tertiary alicyclic amines) is 1. The fourth-order valence-electron chi connectivity index (χ4n) is 5.50. The van der Waals surface area contributed by atoms with Crippen molar-refractivity contribution in [3.63, 3.8) is 0 Å². The summed E-state index contributed by atoms with van der Waals surface area (Å²) in [6, 6.07) is 1.06. The Labute approximate surface area is 211 Å². The molecule has 1 aromatic rings. The van der Waals surface area contributed by atoms with Gasteiger partial charge in [0, 0.05) is 38.8 Å². The Bertz CT molecular complexity index is 699. The second-order valence-corrected chi connectivity index (χ2v) is 10.1. The molecule has 1 saturated heterocycles. The minimum absolute atomic E-state index is 0. The number of aromatic nitrogens is 3. The zero-order valence-electron chi connectivity index (χ0n) is 20.2. The van der Waals surface area contributed by atoms with Crippen LogP contribution in [0.4, 0.5) is 0 Å². The summed E-state index contributed by atoms with van der Waals surface area (Å²) in [7, 11) is 2.02. The lowest BCUT2D eigenvalue weighted by atomic mass is 9.88. The van der Waals surface area contributed by atoms with Gasteiger partial charge >= 0.3 is 0 Å². The number of aryl methyl sites for hydroxylation is 1. The number of aliphatic imine (C=N–C) groups is 1. The number of halogens is 1. The fourth-order valence-corrected chi connectivity index (χ4v) is 5.50. The molecule has 182 valence electrons. The Morgan fingerprint density at radius 1 is 0.875 bits per heavy atom. The summed E-state index contributed by atoms with van der Waals surface area (Å²) in [5, 5.41) is 16.0. The van der Waals surface area contributed by atoms with E-state index in [1.807, 2.05) is 18.5 Å². The van der Waals surface area contributed by atoms with Gasteiger partial charge in [0.05, 0.1) is 0 Å². The number of hydrogen-bond acceptors (Lipinski definition) is 4. The first-order valence-corrected chi connectivity index (χ1v) is 12.8. The van der Waals surface area contributed by atoms with Gasteiger partial charge in [-0.3, -0.25) is 0 Å². The molecule has 0 aromatic carbocycles. The molecular formula is C24H44IN7. The predicted octanol–water partition coefficient (Wildman–Crippen LogP) is 4.15. The van der Waals surface area contributed by atoms with Crippen molar-refractivity contribution >= 4 is 29.9 Å². The Balaban J connectivity index is 0.00000289. The predicted molar refractivity (Wildman–Crippen MR) is 141 cm³/mol. The normalized spacial score (nSPS) is 22.5. The minimum Gasteiger partial charge on any atom is -0.354 e. The second-order valence-electron chi connectivity index (χ2n) is 10.1. The average molecular weight is 558 g/mol. The van der Waals surface area contributed by atoms with E-state index in [0.717, 1.165) is 23.5 Å². The molecule has 1 aliphatic heterocycles. The largest absolute Gasteiger partial charge is 0.354 e. The lowest BCUT2D eigenvalue weighted by Gasteiger charge is -2.36. The molecule has 0 unspecified atom stereocenters. The van der Waals surface area contributed by atoms with Crippen molar-refractivity contribution in [2.24, 2.45) is 18.0 Å². The molecule has 0 radical (unpaired) electrons. The van der Waals surface area contributed by atoms with E-state index in [-0.39, 0.29) is 24.0 Å². The van der Waals surface area contributed by atoms with E-state index >= 15 is 0 Å². The van der Waals surface area contributed by atoms with Gasteiger partial charge in [-0.2, -0.15) is 0 Å². The lowest BCUT2D eigenvalue weighted by molar-refractivity contribution is 0.160. The van der Waals surface area contributed by atoms with E-state index in [4.69, 9.17) is 4.99 Å². The van der Waals surface area contributed by atoms with Gasteiger partial charge in [0.15, 0.2) is 11.8 Å². The van der Waals surface area contributed by atoms with Gasteiger partial charge in [-0.15, -0.1) is 34.2 Å². The molecule has 2 N–H and O–H groups in total. The van der Waals surface area contributed by atoms with Crippen LogP contribution in [-0.4, -0.2) is 57.3 Å². The summed E-state index contributed by atoms with van der Waals surface area (Å²) in [4.78, 5) is 7.64. The maximum Gasteiger partial charge on any atom is 0.192 e. The molecule has 32 heavy (non-hydrogen) atoms. The highest BCUT2D eigenvalue weighted by Gasteiger charge is 2.24. The third kappa shape index (κ3) is 7.57. The summed E-state index contributed by atoms with van der Waals surface area (Å²) < 4.78 is 2.03. The summed E-state index contributed by atoms with van der Waals surface area (Å²) in [5.74, 6) is 3.77. The number of piperidine rings is 1. The standard InChI is InChI=1S/C24H43N7.HI/c1-19-28-29-23(30(19)2)17-25-24(26-21-11-7-4-8-12-21)27-22-13-15-31(16-14-22)18-20-9-5-3-6-10-20;/h20-22H,3-18H2,1-2H3,(H2,25,26,27);1H. The van der Waals surface area contributed by atoms with Gasteiger partial charge in [0.2, 0.25) is 0 Å². The topological polar surface area (TPSA) is 70.4 Å². The molecule has 2 aliphatic carbocycles. The molecular weight excluding hydrogens is 513 g/mol. The summed E-state index contributed by atoms with van der Waals surface area (Å²) in [6.07, 6.45) is 16.2. The molecule has 2 heterocycles. The van der Waals surface area contributed by atoms with Gasteiger partial charge in [-0.1, -0.05) is 38.5 Å². The van der Waals surface area contributed by atoms with Gasteiger partial charge in [0.1, 0.15) is 12.4 Å². The average Bonchev–Trinajstić information content (AvgIpc) is 3.12. The monoisotopic (exact) mass is 557 g/mol. The van der Waals surface area contributed by atoms with Crippen LogP contribution >= 0.6 is 24.0 Å². The van der Waals surface area contributed by atoms with Gasteiger partial charge < -0.3 is 20.1 Å². The van der Waals surface area contributed by atoms with E-state index < -0.39 is 0 Å². The molecule has 7 nitrogen and oxygen atoms in total. The Hall–Kier alpha value is -0.900. The van der Waals surface area contributed by atoms with Crippen molar-refractivity contribution in [3.05, 3.63) is 11.6 Å². The first-order valence-electron chi connectivity index (χ1n) is 12.8. The fraction of sp³-hybridized carbons (Fsp3) is 0.875. The molecule has 1 aromatic heterocycles. The number of hydrogen-bond donors (Lipinski definition) is 2. The Morgan fingerprint density at radius 2 is 1.47 bits per heavy atom. The SMILES string of the molecule is Cc1nnc(CN=C(NC2CCCCC2)NC2CCN(CC3CCCCC3)CC2)n1C.I. The van der Waals surface area contributed by atoms with Crippen molar-refractivity contribution in [1.82, 2.24) is 30.3 Å². The van der Waals surface area contributed by atoms with Crippen LogP contribution in [-0.2, 0) is 13.6 Å². The van der Waals surface area contributed by atoms with E-state index in [1.165, 1.54) is 96.7 Å². The van der Waals surface area contributed by atoms with E-state index in [0.29, 0.717) is 18.6 Å². The lowest BCUT2D eigenvalue weighted by Crippen LogP contribution is -2.51. The summed E-state index contributed by atoms with van der Waals surface area (Å²) in [5.41, 5.74) is 0. The zero-order chi connectivity index (χ0) is 21.5. The molecule has 0 bridgehead atoms. The van der Waals surface area contributed by atoms with Crippen molar-refractivity contribution in [2.75, 3.05) is 19.6 Å². The van der Waals surface area contributed by atoms with Crippen LogP contribution in [0.25, 0.3) is 0 Å². The molecule has 8 heteroatoms. The van der Waals surface area contributed by atoms with Crippen molar-refractivity contribution in [3.8, 4) is 0 Å². The molecule has 0 spiro atoms. The van der Waals surface area contributed by atoms with Crippen LogP contribution in [0, 0.1) is 12.8 Å². The third-order valence-corrected chi connectivity index (χ3v) is 7.68. The quantitative estimate of drug-likeness (QED) is 0.313. The van der Waals surface area contributed by atoms with E-state index in [2.05, 4.69) is 25.7 Å². The second kappa shape index (κ2) is 13.1. The first-order chi connectivity index (χ1) is 15.2. The van der Waals surface area contributed by atoms with Crippen LogP contribution in [0.15, 0.2) is 4.99 Å². The molecule has 3 fully saturated rings. The highest BCUT2D eigenvalue weighted by atomic mass is 127. The number of nitrogens with zero attached hydrogens (tertiary/aromatic N) is 5. The number of nitrogens with one attached hydrogen (secondary N) is 2. The zero-order valence-corrected chi connectivity index (χ0v) is 22.5. The molecule has 0 atom stereocenters. The highest BCUT2D eigenvalue weighted by molar-refractivity contribution is 14.0. The van der Waals surface area contributed by atoms with Gasteiger partial charge in [-0.05, 0) is 51.4 Å². The highest BCUT2D eigenvalue weighted by Crippen LogP contribution is 2.25. The van der Waals surface area contributed by atoms with Gasteiger partial charge in [-0.25, -0.2) is 4.99 Å². The van der Waals surface area contributed by atoms with Crippen LogP contribution < -0.4 is 10.6 Å². The van der Waals surface area contributed by atoms with Gasteiger partial charge in [0.25, 0.3) is 0 Å². The van der Waals surface area contributed by atoms with Crippen molar-refractivity contribution in [1.29, 1.82) is 0 Å². The molecule has 0 amide bonds. The molecule has 2 saturated carbocycles. The van der Waals surface area contributed by atoms with Crippen molar-refractivity contribution < 1.29 is 0 Å². The summed E-state index contributed by atoms with van der Waals surface area (Å²) in [6.45, 7) is 6.31. The maximum atomic E-state index is 4.93. The Kier molecular flexibility index (Phi) is 10.5. The summed E-state index contributed by atoms with van der Waals surface area (Å²) >= 11 is 0. The Morgan fingerprint density at radius 3 is 2.06 bits per heavy atom. The number of guanidine groups is 1. The van der Waals surface area contributed by atoms with E-state index in [1.54, 1.807) is 0 Å².